The van der Waals surface area contributed by atoms with Gasteiger partial charge in [-0.15, -0.1) is 0 Å². The summed E-state index contributed by atoms with van der Waals surface area (Å²) in [6, 6.07) is 5.84. The molecule has 0 spiro atoms. The highest BCUT2D eigenvalue weighted by atomic mass is 16.6. The normalized spacial score (nSPS) is 16.5. The van der Waals surface area contributed by atoms with Gasteiger partial charge in [0.25, 0.3) is 0 Å². The molecular weight excluding hydrogens is 318 g/mol. The lowest BCUT2D eigenvalue weighted by Crippen LogP contribution is -2.01. The van der Waals surface area contributed by atoms with E-state index in [9.17, 15) is 9.59 Å². The van der Waals surface area contributed by atoms with Crippen molar-refractivity contribution in [3.63, 3.8) is 0 Å². The Morgan fingerprint density at radius 3 is 2.32 bits per heavy atom. The molecule has 1 aliphatic heterocycles. The Bertz CT molecular complexity index is 985. The van der Waals surface area contributed by atoms with Crippen LogP contribution < -0.4 is 4.74 Å². The standard InChI is InChI=1S/C20H21NO4/c1-10(2)16-18(20(23)25-19(16)22)11(3)17-12(4)21(5)15-8-7-13(24-6)9-14(15)17/h7-9H,1-6H3. The van der Waals surface area contributed by atoms with Crippen LogP contribution in [0.25, 0.3) is 16.5 Å². The molecule has 5 heteroatoms. The monoisotopic (exact) mass is 339 g/mol. The number of esters is 2. The molecule has 0 amide bonds. The molecule has 0 bridgehead atoms. The van der Waals surface area contributed by atoms with Gasteiger partial charge in [0.1, 0.15) is 5.75 Å². The van der Waals surface area contributed by atoms with Gasteiger partial charge in [-0.3, -0.25) is 0 Å². The second-order valence-corrected chi connectivity index (χ2v) is 6.45. The van der Waals surface area contributed by atoms with Crippen molar-refractivity contribution in [3.05, 3.63) is 46.2 Å². The molecular formula is C20H21NO4. The first kappa shape index (κ1) is 17.0. The van der Waals surface area contributed by atoms with Crippen molar-refractivity contribution >= 4 is 28.4 Å². The van der Waals surface area contributed by atoms with Gasteiger partial charge < -0.3 is 14.0 Å². The minimum atomic E-state index is -0.585. The smallest absolute Gasteiger partial charge is 0.347 e. The molecule has 25 heavy (non-hydrogen) atoms. The van der Waals surface area contributed by atoms with Crippen molar-refractivity contribution < 1.29 is 19.1 Å². The average Bonchev–Trinajstić information content (AvgIpc) is 3.00. The highest BCUT2D eigenvalue weighted by molar-refractivity contribution is 6.22. The van der Waals surface area contributed by atoms with Crippen LogP contribution in [0.1, 0.15) is 32.0 Å². The second kappa shape index (κ2) is 5.92. The number of carbonyl (C=O) groups is 2. The van der Waals surface area contributed by atoms with Crippen LogP contribution in [-0.2, 0) is 21.4 Å². The summed E-state index contributed by atoms with van der Waals surface area (Å²) in [5.41, 5.74) is 5.18. The number of hydrogen-bond donors (Lipinski definition) is 0. The number of carbonyl (C=O) groups excluding carboxylic acids is 2. The molecule has 0 N–H and O–H groups in total. The van der Waals surface area contributed by atoms with E-state index in [4.69, 9.17) is 9.47 Å². The van der Waals surface area contributed by atoms with E-state index in [-0.39, 0.29) is 0 Å². The van der Waals surface area contributed by atoms with Crippen LogP contribution in [0, 0.1) is 6.92 Å². The molecule has 1 aromatic carbocycles. The fourth-order valence-corrected chi connectivity index (χ4v) is 3.46. The summed E-state index contributed by atoms with van der Waals surface area (Å²) >= 11 is 0. The number of rotatable bonds is 2. The van der Waals surface area contributed by atoms with Crippen LogP contribution in [0.3, 0.4) is 0 Å². The summed E-state index contributed by atoms with van der Waals surface area (Å²) in [5.74, 6) is -0.419. The summed E-state index contributed by atoms with van der Waals surface area (Å²) in [6.07, 6.45) is 0. The first-order valence-corrected chi connectivity index (χ1v) is 8.06. The molecule has 5 nitrogen and oxygen atoms in total. The number of aryl methyl sites for hydroxylation is 1. The summed E-state index contributed by atoms with van der Waals surface area (Å²) < 4.78 is 12.3. The third kappa shape index (κ3) is 2.47. The molecule has 0 saturated carbocycles. The van der Waals surface area contributed by atoms with E-state index in [0.29, 0.717) is 11.1 Å². The topological polar surface area (TPSA) is 57.5 Å². The van der Waals surface area contributed by atoms with Gasteiger partial charge in [0.2, 0.25) is 0 Å². The van der Waals surface area contributed by atoms with E-state index < -0.39 is 11.9 Å². The lowest BCUT2D eigenvalue weighted by molar-refractivity contribution is -0.149. The maximum atomic E-state index is 12.3. The van der Waals surface area contributed by atoms with Gasteiger partial charge in [-0.05, 0) is 51.5 Å². The van der Waals surface area contributed by atoms with Gasteiger partial charge in [0, 0.05) is 29.2 Å². The van der Waals surface area contributed by atoms with Crippen molar-refractivity contribution in [1.82, 2.24) is 4.57 Å². The van der Waals surface area contributed by atoms with Gasteiger partial charge in [-0.1, -0.05) is 5.57 Å². The minimum Gasteiger partial charge on any atom is -0.497 e. The van der Waals surface area contributed by atoms with Crippen molar-refractivity contribution in [1.29, 1.82) is 0 Å². The number of aromatic nitrogens is 1. The predicted octanol–water partition coefficient (Wildman–Crippen LogP) is 3.69. The Morgan fingerprint density at radius 1 is 1.08 bits per heavy atom. The number of allylic oxidation sites excluding steroid dienone is 2. The van der Waals surface area contributed by atoms with E-state index in [2.05, 4.69) is 4.57 Å². The van der Waals surface area contributed by atoms with E-state index in [1.165, 1.54) is 0 Å². The zero-order chi connectivity index (χ0) is 18.5. The number of methoxy groups -OCH3 is 1. The van der Waals surface area contributed by atoms with Gasteiger partial charge in [-0.25, -0.2) is 9.59 Å². The first-order chi connectivity index (χ1) is 11.8. The van der Waals surface area contributed by atoms with Crippen LogP contribution in [0.15, 0.2) is 34.9 Å². The molecule has 1 fully saturated rings. The molecule has 2 heterocycles. The van der Waals surface area contributed by atoms with Gasteiger partial charge in [-0.2, -0.15) is 0 Å². The molecule has 2 aromatic rings. The fraction of sp³-hybridized carbons (Fsp3) is 0.300. The highest BCUT2D eigenvalue weighted by Crippen LogP contribution is 2.38. The fourth-order valence-electron chi connectivity index (χ4n) is 3.46. The summed E-state index contributed by atoms with van der Waals surface area (Å²) in [5, 5.41) is 0.976. The quantitative estimate of drug-likeness (QED) is 0.476. The minimum absolute atomic E-state index is 0.350. The number of cyclic esters (lactones) is 2. The van der Waals surface area contributed by atoms with Gasteiger partial charge in [0.15, 0.2) is 0 Å². The van der Waals surface area contributed by atoms with Gasteiger partial charge >= 0.3 is 11.9 Å². The van der Waals surface area contributed by atoms with Crippen molar-refractivity contribution in [2.24, 2.45) is 7.05 Å². The van der Waals surface area contributed by atoms with Crippen LogP contribution in [-0.4, -0.2) is 23.6 Å². The van der Waals surface area contributed by atoms with Crippen LogP contribution >= 0.6 is 0 Å². The molecule has 130 valence electrons. The highest BCUT2D eigenvalue weighted by Gasteiger charge is 2.36. The van der Waals surface area contributed by atoms with Crippen LogP contribution in [0.4, 0.5) is 0 Å². The van der Waals surface area contributed by atoms with E-state index in [1.54, 1.807) is 7.11 Å². The lowest BCUT2D eigenvalue weighted by Gasteiger charge is -2.07. The molecule has 1 saturated heterocycles. The zero-order valence-electron chi connectivity index (χ0n) is 15.3. The second-order valence-electron chi connectivity index (χ2n) is 6.45. The number of fused-ring (bicyclic) bond motifs is 1. The molecule has 0 atom stereocenters. The summed E-state index contributed by atoms with van der Waals surface area (Å²) in [7, 11) is 3.60. The predicted molar refractivity (Wildman–Crippen MR) is 96.3 cm³/mol. The molecule has 3 rings (SSSR count). The Kier molecular flexibility index (Phi) is 4.03. The van der Waals surface area contributed by atoms with Crippen molar-refractivity contribution in [2.75, 3.05) is 7.11 Å². The number of ether oxygens (including phenoxy) is 2. The van der Waals surface area contributed by atoms with E-state index in [0.717, 1.165) is 39.1 Å². The Balaban J connectivity index is 2.39. The maximum Gasteiger partial charge on any atom is 0.347 e. The largest absolute Gasteiger partial charge is 0.497 e. The molecule has 1 aliphatic rings. The zero-order valence-corrected chi connectivity index (χ0v) is 15.3. The van der Waals surface area contributed by atoms with Gasteiger partial charge in [0.05, 0.1) is 18.3 Å². The SMILES string of the molecule is COc1ccc2c(c1)c(C(C)=C1C(=O)OC(=O)C1=C(C)C)c(C)n2C. The van der Waals surface area contributed by atoms with E-state index in [1.807, 2.05) is 52.9 Å². The average molecular weight is 339 g/mol. The third-order valence-corrected chi connectivity index (χ3v) is 4.79. The summed E-state index contributed by atoms with van der Waals surface area (Å²) in [6.45, 7) is 7.47. The number of benzene rings is 1. The van der Waals surface area contributed by atoms with Crippen LogP contribution in [0.2, 0.25) is 0 Å². The molecule has 1 aromatic heterocycles. The first-order valence-electron chi connectivity index (χ1n) is 8.06. The molecule has 0 radical (unpaired) electrons. The van der Waals surface area contributed by atoms with Crippen LogP contribution in [0.5, 0.6) is 5.75 Å². The van der Waals surface area contributed by atoms with E-state index >= 15 is 0 Å². The molecule has 0 aliphatic carbocycles. The Hall–Kier alpha value is -2.82. The van der Waals surface area contributed by atoms with Crippen molar-refractivity contribution in [2.45, 2.75) is 27.7 Å². The number of nitrogens with zero attached hydrogens (tertiary/aromatic N) is 1. The third-order valence-electron chi connectivity index (χ3n) is 4.79. The lowest BCUT2D eigenvalue weighted by atomic mass is 9.93. The Labute approximate surface area is 146 Å². The molecule has 0 unspecified atom stereocenters. The number of hydrogen-bond acceptors (Lipinski definition) is 4. The summed E-state index contributed by atoms with van der Waals surface area (Å²) in [4.78, 5) is 24.4. The maximum absolute atomic E-state index is 12.3. The van der Waals surface area contributed by atoms with Crippen molar-refractivity contribution in [3.8, 4) is 5.75 Å². The Morgan fingerprint density at radius 2 is 1.72 bits per heavy atom.